The van der Waals surface area contributed by atoms with Crippen LogP contribution in [-0.4, -0.2) is 28.4 Å². The van der Waals surface area contributed by atoms with Crippen LogP contribution in [-0.2, 0) is 9.59 Å². The molecule has 2 aromatic carbocycles. The number of amidine groups is 1. The molecule has 0 bridgehead atoms. The van der Waals surface area contributed by atoms with Crippen molar-refractivity contribution in [3.05, 3.63) is 88.1 Å². The van der Waals surface area contributed by atoms with Gasteiger partial charge in [0.25, 0.3) is 5.91 Å². The second kappa shape index (κ2) is 11.2. The summed E-state index contributed by atoms with van der Waals surface area (Å²) in [6, 6.07) is 17.5. The van der Waals surface area contributed by atoms with Gasteiger partial charge < -0.3 is 15.5 Å². The van der Waals surface area contributed by atoms with Crippen LogP contribution < -0.4 is 10.6 Å². The van der Waals surface area contributed by atoms with Crippen LogP contribution in [0.25, 0.3) is 0 Å². The number of para-hydroxylation sites is 1. The third-order valence-electron chi connectivity index (χ3n) is 6.24. The molecule has 0 saturated heterocycles. The molecular formula is C29H34N4O2S. The Morgan fingerprint density at radius 3 is 2.36 bits per heavy atom. The smallest absolute Gasteiger partial charge is 0.255 e. The highest BCUT2D eigenvalue weighted by atomic mass is 32.2. The first-order chi connectivity index (χ1) is 17.2. The summed E-state index contributed by atoms with van der Waals surface area (Å²) in [5.74, 6) is 0.550. The third-order valence-corrected chi connectivity index (χ3v) is 7.13. The fourth-order valence-corrected chi connectivity index (χ4v) is 5.27. The van der Waals surface area contributed by atoms with E-state index in [0.717, 1.165) is 22.1 Å². The van der Waals surface area contributed by atoms with Crippen LogP contribution in [0.5, 0.6) is 0 Å². The van der Waals surface area contributed by atoms with Crippen LogP contribution in [0.4, 0.5) is 5.69 Å². The molecule has 0 aliphatic carbocycles. The van der Waals surface area contributed by atoms with Crippen molar-refractivity contribution < 1.29 is 9.59 Å². The molecule has 36 heavy (non-hydrogen) atoms. The van der Waals surface area contributed by atoms with Crippen molar-refractivity contribution in [2.45, 2.75) is 53.0 Å². The molecule has 1 unspecified atom stereocenters. The number of fused-ring (bicyclic) bond motifs is 1. The molecule has 2 heterocycles. The number of aliphatic imine (C=N–C) groups is 1. The van der Waals surface area contributed by atoms with E-state index in [4.69, 9.17) is 4.99 Å². The van der Waals surface area contributed by atoms with Crippen molar-refractivity contribution >= 4 is 34.4 Å². The molecular weight excluding hydrogens is 468 g/mol. The van der Waals surface area contributed by atoms with Crippen molar-refractivity contribution in [2.75, 3.05) is 11.9 Å². The summed E-state index contributed by atoms with van der Waals surface area (Å²) in [5, 5.41) is 8.82. The lowest BCUT2D eigenvalue weighted by molar-refractivity contribution is -0.120. The van der Waals surface area contributed by atoms with Crippen molar-refractivity contribution in [3.8, 4) is 0 Å². The van der Waals surface area contributed by atoms with E-state index in [0.29, 0.717) is 29.7 Å². The molecule has 0 fully saturated rings. The normalized spacial score (nSPS) is 17.2. The van der Waals surface area contributed by atoms with Crippen LogP contribution in [0.15, 0.2) is 82.0 Å². The SMILES string of the molecule is CC1=C(C(=O)Nc2ccccc2)C(c2ccc(C(C)C)cc2)N2C(CC(=O)NCC(C)C)=CSC2=N1. The van der Waals surface area contributed by atoms with Crippen LogP contribution in [0.3, 0.4) is 0 Å². The van der Waals surface area contributed by atoms with Gasteiger partial charge in [0, 0.05) is 17.9 Å². The van der Waals surface area contributed by atoms with Gasteiger partial charge in [0.2, 0.25) is 5.91 Å². The van der Waals surface area contributed by atoms with E-state index < -0.39 is 0 Å². The number of thioether (sulfide) groups is 1. The topological polar surface area (TPSA) is 73.8 Å². The van der Waals surface area contributed by atoms with E-state index in [9.17, 15) is 9.59 Å². The van der Waals surface area contributed by atoms with Gasteiger partial charge in [-0.15, -0.1) is 0 Å². The third kappa shape index (κ3) is 5.73. The highest BCUT2D eigenvalue weighted by Crippen LogP contribution is 2.45. The Kier molecular flexibility index (Phi) is 7.99. The maximum absolute atomic E-state index is 13.7. The van der Waals surface area contributed by atoms with Gasteiger partial charge in [0.05, 0.1) is 23.7 Å². The number of amides is 2. The van der Waals surface area contributed by atoms with Crippen LogP contribution in [0.1, 0.15) is 64.1 Å². The Morgan fingerprint density at radius 2 is 1.72 bits per heavy atom. The number of anilines is 1. The van der Waals surface area contributed by atoms with Gasteiger partial charge in [-0.1, -0.05) is 81.9 Å². The molecule has 0 saturated carbocycles. The number of carbonyl (C=O) groups excluding carboxylic acids is 2. The second-order valence-electron chi connectivity index (χ2n) is 9.91. The number of rotatable bonds is 8. The number of hydrogen-bond donors (Lipinski definition) is 2. The van der Waals surface area contributed by atoms with E-state index in [1.54, 1.807) is 0 Å². The first-order valence-corrected chi connectivity index (χ1v) is 13.3. The quantitative estimate of drug-likeness (QED) is 0.452. The Hall–Kier alpha value is -3.32. The van der Waals surface area contributed by atoms with Crippen LogP contribution in [0.2, 0.25) is 0 Å². The first kappa shape index (κ1) is 25.8. The molecule has 2 aromatic rings. The van der Waals surface area contributed by atoms with Gasteiger partial charge in [-0.05, 0) is 47.4 Å². The Bertz CT molecular complexity index is 1210. The first-order valence-electron chi connectivity index (χ1n) is 12.4. The minimum absolute atomic E-state index is 0.0349. The van der Waals surface area contributed by atoms with Crippen molar-refractivity contribution in [1.29, 1.82) is 0 Å². The van der Waals surface area contributed by atoms with E-state index in [2.05, 4.69) is 67.5 Å². The van der Waals surface area contributed by atoms with Gasteiger partial charge in [-0.25, -0.2) is 4.99 Å². The summed E-state index contributed by atoms with van der Waals surface area (Å²) in [6.45, 7) is 11.0. The van der Waals surface area contributed by atoms with Crippen molar-refractivity contribution in [3.63, 3.8) is 0 Å². The predicted molar refractivity (Wildman–Crippen MR) is 148 cm³/mol. The lowest BCUT2D eigenvalue weighted by atomic mass is 9.91. The summed E-state index contributed by atoms with van der Waals surface area (Å²) in [7, 11) is 0. The van der Waals surface area contributed by atoms with Crippen LogP contribution in [0, 0.1) is 5.92 Å². The number of hydrogen-bond acceptors (Lipinski definition) is 5. The summed E-state index contributed by atoms with van der Waals surface area (Å²) < 4.78 is 0. The Morgan fingerprint density at radius 1 is 1.03 bits per heavy atom. The number of nitrogens with one attached hydrogen (secondary N) is 2. The molecule has 0 aromatic heterocycles. The zero-order valence-electron chi connectivity index (χ0n) is 21.5. The molecule has 2 N–H and O–H groups in total. The molecule has 0 radical (unpaired) electrons. The molecule has 6 nitrogen and oxygen atoms in total. The molecule has 188 valence electrons. The lowest BCUT2D eigenvalue weighted by Gasteiger charge is -2.36. The van der Waals surface area contributed by atoms with Crippen molar-refractivity contribution in [2.24, 2.45) is 10.9 Å². The average molecular weight is 503 g/mol. The highest BCUT2D eigenvalue weighted by Gasteiger charge is 2.40. The lowest BCUT2D eigenvalue weighted by Crippen LogP contribution is -2.39. The van der Waals surface area contributed by atoms with E-state index in [1.807, 2.05) is 42.7 Å². The highest BCUT2D eigenvalue weighted by molar-refractivity contribution is 8.16. The fourth-order valence-electron chi connectivity index (χ4n) is 4.30. The van der Waals surface area contributed by atoms with Gasteiger partial charge in [0.1, 0.15) is 0 Å². The molecule has 2 aliphatic heterocycles. The van der Waals surface area contributed by atoms with E-state index >= 15 is 0 Å². The summed E-state index contributed by atoms with van der Waals surface area (Å²) in [6.07, 6.45) is 0.228. The Labute approximate surface area is 218 Å². The minimum Gasteiger partial charge on any atom is -0.356 e. The van der Waals surface area contributed by atoms with Gasteiger partial charge in [-0.2, -0.15) is 0 Å². The summed E-state index contributed by atoms with van der Waals surface area (Å²) >= 11 is 1.50. The standard InChI is InChI=1S/C29H34N4O2S/c1-18(2)16-30-25(34)15-24-17-36-29-31-20(5)26(28(35)32-23-9-7-6-8-10-23)27(33(24)29)22-13-11-21(12-14-22)19(3)4/h6-14,17-19,27H,15-16H2,1-5H3,(H,30,34)(H,32,35). The molecule has 1 atom stereocenters. The Balaban J connectivity index is 1.70. The summed E-state index contributed by atoms with van der Waals surface area (Å²) in [4.78, 5) is 33.2. The van der Waals surface area contributed by atoms with Crippen molar-refractivity contribution in [1.82, 2.24) is 10.2 Å². The molecule has 0 spiro atoms. The monoisotopic (exact) mass is 502 g/mol. The fraction of sp³-hybridized carbons (Fsp3) is 0.345. The zero-order valence-corrected chi connectivity index (χ0v) is 22.4. The maximum atomic E-state index is 13.7. The van der Waals surface area contributed by atoms with Crippen LogP contribution >= 0.6 is 11.8 Å². The zero-order chi connectivity index (χ0) is 25.8. The molecule has 4 rings (SSSR count). The van der Waals surface area contributed by atoms with Gasteiger partial charge in [-0.3, -0.25) is 9.59 Å². The number of nitrogens with zero attached hydrogens (tertiary/aromatic N) is 2. The maximum Gasteiger partial charge on any atom is 0.255 e. The predicted octanol–water partition coefficient (Wildman–Crippen LogP) is 6.19. The number of allylic oxidation sites excluding steroid dienone is 1. The minimum atomic E-state index is -0.387. The largest absolute Gasteiger partial charge is 0.356 e. The number of carbonyl (C=O) groups is 2. The number of benzene rings is 2. The average Bonchev–Trinajstić information content (AvgIpc) is 3.24. The molecule has 2 amide bonds. The summed E-state index contributed by atoms with van der Waals surface area (Å²) in [5.41, 5.74) is 5.05. The second-order valence-corrected chi connectivity index (χ2v) is 10.7. The molecule has 7 heteroatoms. The van der Waals surface area contributed by atoms with E-state index in [1.165, 1.54) is 17.3 Å². The van der Waals surface area contributed by atoms with E-state index in [-0.39, 0.29) is 24.3 Å². The van der Waals surface area contributed by atoms with Gasteiger partial charge >= 0.3 is 0 Å². The molecule has 2 aliphatic rings. The van der Waals surface area contributed by atoms with Gasteiger partial charge in [0.15, 0.2) is 5.17 Å².